The molecule has 3 rings (SSSR count). The zero-order valence-electron chi connectivity index (χ0n) is 12.9. The zero-order valence-corrected chi connectivity index (χ0v) is 13.7. The quantitative estimate of drug-likeness (QED) is 0.785. The molecule has 1 fully saturated rings. The molecule has 0 N–H and O–H groups in total. The minimum atomic E-state index is -3.56. The van der Waals surface area contributed by atoms with Crippen LogP contribution in [0.25, 0.3) is 0 Å². The van der Waals surface area contributed by atoms with Crippen molar-refractivity contribution in [3.8, 4) is 0 Å². The van der Waals surface area contributed by atoms with E-state index < -0.39 is 10.0 Å². The summed E-state index contributed by atoms with van der Waals surface area (Å²) in [7, 11) is -1.87. The summed E-state index contributed by atoms with van der Waals surface area (Å²) in [5.41, 5.74) is 0. The van der Waals surface area contributed by atoms with Crippen LogP contribution in [0.2, 0.25) is 0 Å². The Kier molecular flexibility index (Phi) is 4.69. The first kappa shape index (κ1) is 16.0. The van der Waals surface area contributed by atoms with E-state index in [0.717, 1.165) is 0 Å². The third-order valence-corrected chi connectivity index (χ3v) is 5.53. The number of aryl methyl sites for hydroxylation is 1. The average molecular weight is 337 g/mol. The maximum atomic E-state index is 12.7. The van der Waals surface area contributed by atoms with Crippen molar-refractivity contribution < 1.29 is 13.2 Å². The highest BCUT2D eigenvalue weighted by Crippen LogP contribution is 2.19. The van der Waals surface area contributed by atoms with E-state index in [9.17, 15) is 8.42 Å². The molecule has 1 atom stereocenters. The van der Waals surface area contributed by atoms with Gasteiger partial charge in [-0.05, 0) is 6.07 Å². The van der Waals surface area contributed by atoms with E-state index in [4.69, 9.17) is 4.74 Å². The fraction of sp³-hybridized carbons (Fsp3) is 0.500. The molecule has 2 aromatic heterocycles. The van der Waals surface area contributed by atoms with Gasteiger partial charge in [0, 0.05) is 51.1 Å². The first-order chi connectivity index (χ1) is 11.1. The van der Waals surface area contributed by atoms with Crippen LogP contribution in [0.5, 0.6) is 0 Å². The second kappa shape index (κ2) is 6.73. The van der Waals surface area contributed by atoms with Crippen LogP contribution < -0.4 is 0 Å². The Morgan fingerprint density at radius 1 is 1.35 bits per heavy atom. The van der Waals surface area contributed by atoms with E-state index >= 15 is 0 Å². The summed E-state index contributed by atoms with van der Waals surface area (Å²) in [5.74, 6) is 0.716. The van der Waals surface area contributed by atoms with E-state index in [0.29, 0.717) is 38.5 Å². The summed E-state index contributed by atoms with van der Waals surface area (Å²) in [6.07, 6.45) is 6.83. The maximum Gasteiger partial charge on any atom is 0.246 e. The minimum Gasteiger partial charge on any atom is -0.380 e. The standard InChI is InChI=1S/C14H19N5O3S/c1-18-10-13(8-17-18)23(20,21)19-5-6-22-11-12(9-19)7-14-15-3-2-4-16-14/h2-4,8,10,12H,5-7,9,11H2,1H3/t12-/m1/s1. The molecular weight excluding hydrogens is 318 g/mol. The molecule has 0 amide bonds. The molecule has 0 aliphatic carbocycles. The first-order valence-corrected chi connectivity index (χ1v) is 8.82. The first-order valence-electron chi connectivity index (χ1n) is 7.38. The highest BCUT2D eigenvalue weighted by Gasteiger charge is 2.30. The monoisotopic (exact) mass is 337 g/mol. The minimum absolute atomic E-state index is 0.0198. The van der Waals surface area contributed by atoms with Gasteiger partial charge >= 0.3 is 0 Å². The number of hydrogen-bond donors (Lipinski definition) is 0. The Morgan fingerprint density at radius 2 is 2.13 bits per heavy atom. The van der Waals surface area contributed by atoms with Gasteiger partial charge in [-0.1, -0.05) is 0 Å². The molecule has 0 saturated carbocycles. The van der Waals surface area contributed by atoms with Crippen LogP contribution in [-0.4, -0.2) is 58.8 Å². The zero-order chi connectivity index (χ0) is 16.3. The van der Waals surface area contributed by atoms with Crippen LogP contribution in [0.3, 0.4) is 0 Å². The topological polar surface area (TPSA) is 90.2 Å². The lowest BCUT2D eigenvalue weighted by Gasteiger charge is -2.22. The molecular formula is C14H19N5O3S. The van der Waals surface area contributed by atoms with Crippen LogP contribution >= 0.6 is 0 Å². The van der Waals surface area contributed by atoms with Crippen LogP contribution in [0.1, 0.15) is 5.82 Å². The maximum absolute atomic E-state index is 12.7. The third-order valence-electron chi connectivity index (χ3n) is 3.71. The van der Waals surface area contributed by atoms with Crippen molar-refractivity contribution in [3.63, 3.8) is 0 Å². The van der Waals surface area contributed by atoms with Crippen molar-refractivity contribution in [3.05, 3.63) is 36.7 Å². The van der Waals surface area contributed by atoms with Gasteiger partial charge in [-0.3, -0.25) is 4.68 Å². The van der Waals surface area contributed by atoms with Crippen LogP contribution in [-0.2, 0) is 28.2 Å². The summed E-state index contributed by atoms with van der Waals surface area (Å²) >= 11 is 0. The molecule has 0 aromatic carbocycles. The molecule has 1 aliphatic rings. The lowest BCUT2D eigenvalue weighted by Crippen LogP contribution is -2.36. The Bertz CT molecular complexity index is 747. The molecule has 0 spiro atoms. The van der Waals surface area contributed by atoms with Crippen molar-refractivity contribution in [1.29, 1.82) is 0 Å². The van der Waals surface area contributed by atoms with Gasteiger partial charge in [0.15, 0.2) is 0 Å². The van der Waals surface area contributed by atoms with Gasteiger partial charge < -0.3 is 4.74 Å². The van der Waals surface area contributed by atoms with E-state index in [1.54, 1.807) is 25.5 Å². The molecule has 1 aliphatic heterocycles. The van der Waals surface area contributed by atoms with Gasteiger partial charge in [0.25, 0.3) is 0 Å². The number of hydrogen-bond acceptors (Lipinski definition) is 6. The summed E-state index contributed by atoms with van der Waals surface area (Å²) < 4.78 is 34.0. The van der Waals surface area contributed by atoms with Crippen molar-refractivity contribution >= 4 is 10.0 Å². The van der Waals surface area contributed by atoms with E-state index in [1.165, 1.54) is 21.4 Å². The fourth-order valence-electron chi connectivity index (χ4n) is 2.56. The largest absolute Gasteiger partial charge is 0.380 e. The number of ether oxygens (including phenoxy) is 1. The van der Waals surface area contributed by atoms with Crippen molar-refractivity contribution in [2.45, 2.75) is 11.3 Å². The van der Waals surface area contributed by atoms with Gasteiger partial charge in [0.05, 0.1) is 19.4 Å². The van der Waals surface area contributed by atoms with Crippen LogP contribution in [0, 0.1) is 5.92 Å². The summed E-state index contributed by atoms with van der Waals surface area (Å²) in [4.78, 5) is 8.61. The Morgan fingerprint density at radius 3 is 2.83 bits per heavy atom. The van der Waals surface area contributed by atoms with Crippen molar-refractivity contribution in [2.75, 3.05) is 26.3 Å². The Hall–Kier alpha value is -1.84. The molecule has 9 heteroatoms. The normalized spacial score (nSPS) is 20.3. The second-order valence-electron chi connectivity index (χ2n) is 5.52. The predicted molar refractivity (Wildman–Crippen MR) is 82.0 cm³/mol. The molecule has 124 valence electrons. The summed E-state index contributed by atoms with van der Waals surface area (Å²) in [5, 5.41) is 3.95. The summed E-state index contributed by atoms with van der Waals surface area (Å²) in [6.45, 7) is 1.60. The molecule has 3 heterocycles. The second-order valence-corrected chi connectivity index (χ2v) is 7.46. The number of nitrogens with zero attached hydrogens (tertiary/aromatic N) is 5. The van der Waals surface area contributed by atoms with E-state index in [1.807, 2.05) is 0 Å². The smallest absolute Gasteiger partial charge is 0.246 e. The molecule has 0 bridgehead atoms. The third kappa shape index (κ3) is 3.74. The van der Waals surface area contributed by atoms with Crippen molar-refractivity contribution in [2.24, 2.45) is 13.0 Å². The molecule has 23 heavy (non-hydrogen) atoms. The van der Waals surface area contributed by atoms with E-state index in [-0.39, 0.29) is 10.8 Å². The molecule has 8 nitrogen and oxygen atoms in total. The number of aromatic nitrogens is 4. The van der Waals surface area contributed by atoms with Gasteiger partial charge in [-0.25, -0.2) is 18.4 Å². The molecule has 1 saturated heterocycles. The number of sulfonamides is 1. The molecule has 0 radical (unpaired) electrons. The van der Waals surface area contributed by atoms with Gasteiger partial charge in [0.2, 0.25) is 10.0 Å². The average Bonchev–Trinajstić information content (AvgIpc) is 2.84. The van der Waals surface area contributed by atoms with Gasteiger partial charge in [-0.2, -0.15) is 9.40 Å². The SMILES string of the molecule is Cn1cc(S(=O)(=O)N2CCOC[C@H](Cc3ncccn3)C2)cn1. The number of rotatable bonds is 4. The van der Waals surface area contributed by atoms with Crippen LogP contribution in [0.4, 0.5) is 0 Å². The van der Waals surface area contributed by atoms with Crippen molar-refractivity contribution in [1.82, 2.24) is 24.1 Å². The summed E-state index contributed by atoms with van der Waals surface area (Å²) in [6, 6.07) is 1.76. The van der Waals surface area contributed by atoms with E-state index in [2.05, 4.69) is 15.1 Å². The molecule has 0 unspecified atom stereocenters. The fourth-order valence-corrected chi connectivity index (χ4v) is 4.05. The van der Waals surface area contributed by atoms with Crippen LogP contribution in [0.15, 0.2) is 35.7 Å². The lowest BCUT2D eigenvalue weighted by atomic mass is 10.1. The van der Waals surface area contributed by atoms with Gasteiger partial charge in [-0.15, -0.1) is 0 Å². The Labute approximate surface area is 135 Å². The Balaban J connectivity index is 1.77. The predicted octanol–water partition coefficient (Wildman–Crippen LogP) is 0.0899. The highest BCUT2D eigenvalue weighted by atomic mass is 32.2. The lowest BCUT2D eigenvalue weighted by molar-refractivity contribution is 0.122. The molecule has 2 aromatic rings. The highest BCUT2D eigenvalue weighted by molar-refractivity contribution is 7.89. The van der Waals surface area contributed by atoms with Gasteiger partial charge in [0.1, 0.15) is 10.7 Å².